The topological polar surface area (TPSA) is 0 Å². The van der Waals surface area contributed by atoms with Crippen LogP contribution < -0.4 is 0 Å². The fraction of sp³-hybridized carbons (Fsp3) is 0. The fourth-order valence-electron chi connectivity index (χ4n) is 0.455. The van der Waals surface area contributed by atoms with E-state index in [2.05, 4.69) is 15.9 Å². The minimum absolute atomic E-state index is 0.133. The molecule has 53 valence electrons. The van der Waals surface area contributed by atoms with E-state index < -0.39 is 17.5 Å². The summed E-state index contributed by atoms with van der Waals surface area (Å²) in [6.07, 6.45) is 0. The number of benzene rings is 1. The summed E-state index contributed by atoms with van der Waals surface area (Å²) in [7, 11) is 0. The molecule has 0 amide bonds. The molecule has 0 aromatic heterocycles. The Morgan fingerprint density at radius 1 is 1.20 bits per heavy atom. The quantitative estimate of drug-likeness (QED) is 0.456. The molecule has 1 aromatic rings. The molecule has 0 fully saturated rings. The standard InChI is InChI=1S/C6HBrF3/c7-3-1-2-4(8)6(10)5(3)9/h1H. The molecule has 10 heavy (non-hydrogen) atoms. The van der Waals surface area contributed by atoms with Crippen LogP contribution in [0.2, 0.25) is 0 Å². The number of hydrogen-bond acceptors (Lipinski definition) is 0. The average molecular weight is 210 g/mol. The van der Waals surface area contributed by atoms with Crippen LogP contribution in [0.1, 0.15) is 0 Å². The van der Waals surface area contributed by atoms with Gasteiger partial charge in [0.05, 0.1) is 4.47 Å². The van der Waals surface area contributed by atoms with Gasteiger partial charge in [0.2, 0.25) is 0 Å². The normalized spacial score (nSPS) is 10.0. The van der Waals surface area contributed by atoms with Crippen molar-refractivity contribution in [3.8, 4) is 0 Å². The summed E-state index contributed by atoms with van der Waals surface area (Å²) in [5, 5.41) is 0. The van der Waals surface area contributed by atoms with E-state index in [1.165, 1.54) is 0 Å². The van der Waals surface area contributed by atoms with Crippen LogP contribution in [0.15, 0.2) is 10.5 Å². The monoisotopic (exact) mass is 209 g/mol. The maximum absolute atomic E-state index is 12.3. The van der Waals surface area contributed by atoms with Crippen LogP contribution in [0, 0.1) is 23.5 Å². The zero-order chi connectivity index (χ0) is 7.72. The summed E-state index contributed by atoms with van der Waals surface area (Å²) in [6, 6.07) is 2.86. The van der Waals surface area contributed by atoms with Gasteiger partial charge in [0.15, 0.2) is 17.5 Å². The van der Waals surface area contributed by atoms with Crippen molar-refractivity contribution in [3.05, 3.63) is 34.1 Å². The lowest BCUT2D eigenvalue weighted by Gasteiger charge is -1.94. The predicted molar refractivity (Wildman–Crippen MR) is 32.9 cm³/mol. The molecular weight excluding hydrogens is 209 g/mol. The van der Waals surface area contributed by atoms with Crippen LogP contribution in [-0.2, 0) is 0 Å². The zero-order valence-electron chi connectivity index (χ0n) is 4.59. The van der Waals surface area contributed by atoms with Gasteiger partial charge in [0.25, 0.3) is 0 Å². The van der Waals surface area contributed by atoms with E-state index in [1.807, 2.05) is 6.07 Å². The molecule has 0 heterocycles. The third kappa shape index (κ3) is 1.16. The molecular formula is C6HBrF3. The molecule has 0 N–H and O–H groups in total. The van der Waals surface area contributed by atoms with Gasteiger partial charge in [-0.15, -0.1) is 0 Å². The van der Waals surface area contributed by atoms with Crippen LogP contribution in [0.5, 0.6) is 0 Å². The second kappa shape index (κ2) is 2.62. The first-order valence-corrected chi connectivity index (χ1v) is 3.13. The maximum atomic E-state index is 12.3. The Morgan fingerprint density at radius 2 is 1.80 bits per heavy atom. The van der Waals surface area contributed by atoms with Crippen LogP contribution in [0.4, 0.5) is 13.2 Å². The lowest BCUT2D eigenvalue weighted by Crippen LogP contribution is -1.90. The Kier molecular flexibility index (Phi) is 1.99. The SMILES string of the molecule is Fc1[c]cc(Br)c(F)c1F. The molecule has 0 nitrogen and oxygen atoms in total. The summed E-state index contributed by atoms with van der Waals surface area (Å²) in [4.78, 5) is 0. The third-order valence-electron chi connectivity index (χ3n) is 0.921. The molecule has 0 saturated heterocycles. The molecule has 1 rings (SSSR count). The van der Waals surface area contributed by atoms with E-state index in [9.17, 15) is 13.2 Å². The predicted octanol–water partition coefficient (Wildman–Crippen LogP) is 2.67. The molecule has 0 spiro atoms. The van der Waals surface area contributed by atoms with Gasteiger partial charge in [-0.3, -0.25) is 0 Å². The largest absolute Gasteiger partial charge is 0.203 e. The summed E-state index contributed by atoms with van der Waals surface area (Å²) < 4.78 is 36.4. The van der Waals surface area contributed by atoms with Gasteiger partial charge in [-0.2, -0.15) is 0 Å². The third-order valence-corrected chi connectivity index (χ3v) is 1.50. The lowest BCUT2D eigenvalue weighted by molar-refractivity contribution is 0.443. The molecule has 4 heteroatoms. The van der Waals surface area contributed by atoms with E-state index >= 15 is 0 Å². The molecule has 0 bridgehead atoms. The zero-order valence-corrected chi connectivity index (χ0v) is 6.18. The first-order chi connectivity index (χ1) is 4.63. The highest BCUT2D eigenvalue weighted by Crippen LogP contribution is 2.18. The summed E-state index contributed by atoms with van der Waals surface area (Å²) >= 11 is 2.67. The lowest BCUT2D eigenvalue weighted by atomic mass is 10.3. The molecule has 0 aliphatic rings. The molecule has 1 radical (unpaired) electrons. The Hall–Kier alpha value is -0.510. The highest BCUT2D eigenvalue weighted by Gasteiger charge is 2.10. The maximum Gasteiger partial charge on any atom is 0.196 e. The fourth-order valence-corrected chi connectivity index (χ4v) is 0.743. The van der Waals surface area contributed by atoms with Gasteiger partial charge in [0, 0.05) is 6.07 Å². The molecule has 0 aliphatic heterocycles. The van der Waals surface area contributed by atoms with Crippen molar-refractivity contribution in [2.75, 3.05) is 0 Å². The van der Waals surface area contributed by atoms with Gasteiger partial charge in [-0.1, -0.05) is 0 Å². The molecule has 0 saturated carbocycles. The number of halogens is 4. The van der Waals surface area contributed by atoms with Crippen LogP contribution in [0.25, 0.3) is 0 Å². The smallest absolute Gasteiger partial charge is 0.196 e. The van der Waals surface area contributed by atoms with Crippen molar-refractivity contribution in [1.29, 1.82) is 0 Å². The van der Waals surface area contributed by atoms with Crippen LogP contribution >= 0.6 is 15.9 Å². The number of hydrogen-bond donors (Lipinski definition) is 0. The first kappa shape index (κ1) is 7.60. The van der Waals surface area contributed by atoms with E-state index in [-0.39, 0.29) is 4.47 Å². The van der Waals surface area contributed by atoms with Gasteiger partial charge < -0.3 is 0 Å². The van der Waals surface area contributed by atoms with E-state index in [1.54, 1.807) is 0 Å². The average Bonchev–Trinajstić information content (AvgIpc) is 1.93. The Bertz CT molecular complexity index is 232. The van der Waals surface area contributed by atoms with Crippen molar-refractivity contribution in [3.63, 3.8) is 0 Å². The molecule has 1 aromatic carbocycles. The number of rotatable bonds is 0. The minimum atomic E-state index is -1.51. The van der Waals surface area contributed by atoms with Crippen molar-refractivity contribution >= 4 is 15.9 Å². The highest BCUT2D eigenvalue weighted by atomic mass is 79.9. The molecule has 0 unspecified atom stereocenters. The summed E-state index contributed by atoms with van der Waals surface area (Å²) in [5.74, 6) is -4.04. The van der Waals surface area contributed by atoms with E-state index in [0.717, 1.165) is 6.07 Å². The molecule has 0 atom stereocenters. The Morgan fingerprint density at radius 3 is 2.30 bits per heavy atom. The van der Waals surface area contributed by atoms with Crippen molar-refractivity contribution in [2.24, 2.45) is 0 Å². The van der Waals surface area contributed by atoms with Crippen LogP contribution in [-0.4, -0.2) is 0 Å². The van der Waals surface area contributed by atoms with Crippen molar-refractivity contribution < 1.29 is 13.2 Å². The summed E-state index contributed by atoms with van der Waals surface area (Å²) in [6.45, 7) is 0. The van der Waals surface area contributed by atoms with Crippen molar-refractivity contribution in [2.45, 2.75) is 0 Å². The van der Waals surface area contributed by atoms with Gasteiger partial charge in [-0.25, -0.2) is 13.2 Å². The van der Waals surface area contributed by atoms with Crippen LogP contribution in [0.3, 0.4) is 0 Å². The Balaban J connectivity index is 3.34. The second-order valence-electron chi connectivity index (χ2n) is 1.58. The second-order valence-corrected chi connectivity index (χ2v) is 2.43. The van der Waals surface area contributed by atoms with Gasteiger partial charge in [0.1, 0.15) is 0 Å². The van der Waals surface area contributed by atoms with Gasteiger partial charge >= 0.3 is 0 Å². The Labute approximate surface area is 63.8 Å². The van der Waals surface area contributed by atoms with Gasteiger partial charge in [-0.05, 0) is 22.0 Å². The minimum Gasteiger partial charge on any atom is -0.203 e. The van der Waals surface area contributed by atoms with E-state index in [0.29, 0.717) is 0 Å². The summed E-state index contributed by atoms with van der Waals surface area (Å²) in [5.41, 5.74) is 0. The highest BCUT2D eigenvalue weighted by molar-refractivity contribution is 9.10. The first-order valence-electron chi connectivity index (χ1n) is 2.33. The van der Waals surface area contributed by atoms with Crippen molar-refractivity contribution in [1.82, 2.24) is 0 Å². The molecule has 0 aliphatic carbocycles. The van der Waals surface area contributed by atoms with E-state index in [4.69, 9.17) is 0 Å².